The summed E-state index contributed by atoms with van der Waals surface area (Å²) in [6.45, 7) is 22.0. The van der Waals surface area contributed by atoms with Crippen molar-refractivity contribution in [2.75, 3.05) is 6.61 Å². The summed E-state index contributed by atoms with van der Waals surface area (Å²) in [5.41, 5.74) is 1.75. The van der Waals surface area contributed by atoms with E-state index in [-0.39, 0.29) is 22.2 Å². The van der Waals surface area contributed by atoms with Gasteiger partial charge in [-0.3, -0.25) is 4.79 Å². The fraction of sp³-hybridized carbons (Fsp3) is 0.848. The lowest BCUT2D eigenvalue weighted by Crippen LogP contribution is -2.65. The molecule has 5 aliphatic rings. The molecule has 0 aromatic heterocycles. The van der Waals surface area contributed by atoms with Gasteiger partial charge in [-0.15, -0.1) is 6.58 Å². The monoisotopic (exact) mass is 496 g/mol. The minimum Gasteiger partial charge on any atom is -0.481 e. The van der Waals surface area contributed by atoms with Crippen molar-refractivity contribution in [3.63, 3.8) is 0 Å². The number of hydrogen-bond donors (Lipinski definition) is 1. The van der Waals surface area contributed by atoms with Gasteiger partial charge in [0.25, 0.3) is 0 Å². The van der Waals surface area contributed by atoms with Crippen molar-refractivity contribution < 1.29 is 14.6 Å². The fourth-order valence-corrected chi connectivity index (χ4v) is 11.3. The molecule has 0 aromatic rings. The van der Waals surface area contributed by atoms with E-state index in [0.717, 1.165) is 38.5 Å². The minimum absolute atomic E-state index is 0.0964. The average Bonchev–Trinajstić information content (AvgIpc) is 2.81. The van der Waals surface area contributed by atoms with Gasteiger partial charge in [0.2, 0.25) is 0 Å². The zero-order chi connectivity index (χ0) is 26.3. The Bertz CT molecular complexity index is 949. The van der Waals surface area contributed by atoms with Gasteiger partial charge >= 0.3 is 5.97 Å². The van der Waals surface area contributed by atoms with E-state index >= 15 is 0 Å². The molecular formula is C33H52O3. The molecule has 0 saturated heterocycles. The average molecular weight is 497 g/mol. The Morgan fingerprint density at radius 2 is 1.75 bits per heavy atom. The Hall–Kier alpha value is -1.09. The third-order valence-electron chi connectivity index (χ3n) is 13.8. The SMILES string of the molecule is C=CCO[C@H]1CC[C@@]2(C)C(CC[C@]3(C)C2CC=C2[C@@H]4[C@@H](C)C(C)CC[C@]4(C(=O)O)CCC23C)C1(C)C. The summed E-state index contributed by atoms with van der Waals surface area (Å²) in [5.74, 6) is 1.99. The normalized spacial score (nSPS) is 51.6. The van der Waals surface area contributed by atoms with Crippen LogP contribution in [-0.4, -0.2) is 23.8 Å². The van der Waals surface area contributed by atoms with E-state index in [1.54, 1.807) is 5.57 Å². The smallest absolute Gasteiger partial charge is 0.310 e. The number of fused-ring (bicyclic) bond motifs is 7. The van der Waals surface area contributed by atoms with Gasteiger partial charge in [-0.1, -0.05) is 66.2 Å². The van der Waals surface area contributed by atoms with Crippen molar-refractivity contribution >= 4 is 5.97 Å². The maximum atomic E-state index is 12.9. The number of allylic oxidation sites excluding steroid dienone is 2. The van der Waals surface area contributed by atoms with Crippen LogP contribution in [0.25, 0.3) is 0 Å². The minimum atomic E-state index is -0.551. The standard InChI is InChI=1S/C33H52O3/c1-9-20-36-26-14-15-30(6)24(29(26,4)5)13-16-32(8)25(30)11-10-23-27-22(3)21(2)12-17-33(27,28(34)35)19-18-31(23,32)7/h9-10,21-22,24-27H,1,11-20H2,2-8H3,(H,34,35)/t21?,22-,24?,25?,26-,27-,30-,31?,32+,33-/m0/s1. The van der Waals surface area contributed by atoms with E-state index in [4.69, 9.17) is 4.74 Å². The van der Waals surface area contributed by atoms with Crippen LogP contribution in [-0.2, 0) is 9.53 Å². The summed E-state index contributed by atoms with van der Waals surface area (Å²) < 4.78 is 6.34. The van der Waals surface area contributed by atoms with Gasteiger partial charge < -0.3 is 9.84 Å². The summed E-state index contributed by atoms with van der Waals surface area (Å²) in [7, 11) is 0. The van der Waals surface area contributed by atoms with Crippen LogP contribution in [0.15, 0.2) is 24.3 Å². The second-order valence-corrected chi connectivity index (χ2v) is 15.1. The second-order valence-electron chi connectivity index (χ2n) is 15.1. The zero-order valence-corrected chi connectivity index (χ0v) is 24.2. The molecule has 4 fully saturated rings. The lowest BCUT2D eigenvalue weighted by atomic mass is 9.33. The lowest BCUT2D eigenvalue weighted by molar-refractivity contribution is -0.212. The molecule has 4 saturated carbocycles. The van der Waals surface area contributed by atoms with Crippen LogP contribution in [0.5, 0.6) is 0 Å². The molecule has 36 heavy (non-hydrogen) atoms. The van der Waals surface area contributed by atoms with Gasteiger partial charge in [0.15, 0.2) is 0 Å². The van der Waals surface area contributed by atoms with Gasteiger partial charge in [-0.05, 0) is 109 Å². The summed E-state index contributed by atoms with van der Waals surface area (Å²) in [4.78, 5) is 12.9. The molecule has 0 amide bonds. The number of hydrogen-bond acceptors (Lipinski definition) is 2. The first-order valence-corrected chi connectivity index (χ1v) is 15.0. The quantitative estimate of drug-likeness (QED) is 0.398. The first-order chi connectivity index (χ1) is 16.8. The van der Waals surface area contributed by atoms with Gasteiger partial charge in [0.1, 0.15) is 0 Å². The third kappa shape index (κ3) is 3.23. The Labute approximate surface area is 220 Å². The number of carbonyl (C=O) groups is 1. The van der Waals surface area contributed by atoms with E-state index in [9.17, 15) is 9.90 Å². The Morgan fingerprint density at radius 3 is 2.42 bits per heavy atom. The molecule has 1 N–H and O–H groups in total. The molecular weight excluding hydrogens is 444 g/mol. The van der Waals surface area contributed by atoms with Gasteiger partial charge in [0, 0.05) is 0 Å². The molecule has 0 bridgehead atoms. The first kappa shape index (κ1) is 26.5. The number of carboxylic acids is 1. The largest absolute Gasteiger partial charge is 0.481 e. The van der Waals surface area contributed by atoms with E-state index in [1.165, 1.54) is 19.3 Å². The van der Waals surface area contributed by atoms with Crippen LogP contribution in [0.4, 0.5) is 0 Å². The molecule has 3 nitrogen and oxygen atoms in total. The van der Waals surface area contributed by atoms with Crippen molar-refractivity contribution in [1.29, 1.82) is 0 Å². The summed E-state index contributed by atoms with van der Waals surface area (Å²) >= 11 is 0. The van der Waals surface area contributed by atoms with Crippen LogP contribution in [0.3, 0.4) is 0 Å². The summed E-state index contributed by atoms with van der Waals surface area (Å²) in [6.07, 6.45) is 14.6. The molecule has 3 heteroatoms. The van der Waals surface area contributed by atoms with Gasteiger partial charge in [-0.2, -0.15) is 0 Å². The van der Waals surface area contributed by atoms with Crippen molar-refractivity contribution in [3.05, 3.63) is 24.3 Å². The number of rotatable bonds is 4. The highest BCUT2D eigenvalue weighted by atomic mass is 16.5. The van der Waals surface area contributed by atoms with Crippen LogP contribution in [0, 0.1) is 56.7 Å². The molecule has 10 atom stereocenters. The number of carboxylic acid groups (broad SMARTS) is 1. The van der Waals surface area contributed by atoms with Crippen molar-refractivity contribution in [2.45, 2.75) is 112 Å². The predicted molar refractivity (Wildman–Crippen MR) is 147 cm³/mol. The highest BCUT2D eigenvalue weighted by Crippen LogP contribution is 2.75. The Balaban J connectivity index is 1.55. The molecule has 5 aliphatic carbocycles. The molecule has 5 rings (SSSR count). The van der Waals surface area contributed by atoms with Crippen LogP contribution in [0.2, 0.25) is 0 Å². The van der Waals surface area contributed by atoms with Crippen LogP contribution < -0.4 is 0 Å². The third-order valence-corrected chi connectivity index (χ3v) is 13.8. The predicted octanol–water partition coefficient (Wildman–Crippen LogP) is 8.30. The van der Waals surface area contributed by atoms with E-state index in [0.29, 0.717) is 41.8 Å². The molecule has 202 valence electrons. The maximum absolute atomic E-state index is 12.9. The van der Waals surface area contributed by atoms with Crippen molar-refractivity contribution in [3.8, 4) is 0 Å². The lowest BCUT2D eigenvalue weighted by Gasteiger charge is -2.71. The topological polar surface area (TPSA) is 46.5 Å². The molecule has 4 unspecified atom stereocenters. The highest BCUT2D eigenvalue weighted by molar-refractivity contribution is 5.76. The first-order valence-electron chi connectivity index (χ1n) is 15.0. The Morgan fingerprint density at radius 1 is 1.03 bits per heavy atom. The number of aliphatic carboxylic acids is 1. The fourth-order valence-electron chi connectivity index (χ4n) is 11.3. The summed E-state index contributed by atoms with van der Waals surface area (Å²) in [6, 6.07) is 0. The van der Waals surface area contributed by atoms with Crippen molar-refractivity contribution in [2.24, 2.45) is 56.7 Å². The van der Waals surface area contributed by atoms with E-state index in [1.807, 2.05) is 6.08 Å². The maximum Gasteiger partial charge on any atom is 0.310 e. The van der Waals surface area contributed by atoms with Crippen LogP contribution in [0.1, 0.15) is 106 Å². The van der Waals surface area contributed by atoms with Crippen molar-refractivity contribution in [1.82, 2.24) is 0 Å². The number of ether oxygens (including phenoxy) is 1. The van der Waals surface area contributed by atoms with Gasteiger partial charge in [0.05, 0.1) is 18.1 Å². The van der Waals surface area contributed by atoms with Gasteiger partial charge in [-0.25, -0.2) is 0 Å². The zero-order valence-electron chi connectivity index (χ0n) is 24.2. The van der Waals surface area contributed by atoms with Crippen LogP contribution >= 0.6 is 0 Å². The second kappa shape index (κ2) is 8.45. The Kier molecular flexibility index (Phi) is 6.23. The summed E-state index contributed by atoms with van der Waals surface area (Å²) in [5, 5.41) is 10.6. The molecule has 0 radical (unpaired) electrons. The molecule has 0 aliphatic heterocycles. The van der Waals surface area contributed by atoms with E-state index < -0.39 is 11.4 Å². The highest BCUT2D eigenvalue weighted by Gasteiger charge is 2.69. The molecule has 0 aromatic carbocycles. The molecule has 0 spiro atoms. The van der Waals surface area contributed by atoms with E-state index in [2.05, 4.69) is 61.1 Å². The molecule has 0 heterocycles.